The number of nitrogens with zero attached hydrogens (tertiary/aromatic N) is 3. The minimum Gasteiger partial charge on any atom is -0.389 e. The Morgan fingerprint density at radius 3 is 2.60 bits per heavy atom. The fourth-order valence-electron chi connectivity index (χ4n) is 1.31. The molecule has 0 aliphatic rings. The van der Waals surface area contributed by atoms with Crippen LogP contribution in [0.4, 0.5) is 5.82 Å². The van der Waals surface area contributed by atoms with Crippen molar-refractivity contribution < 1.29 is 5.11 Å². The van der Waals surface area contributed by atoms with Crippen LogP contribution >= 0.6 is 11.6 Å². The van der Waals surface area contributed by atoms with Crippen molar-refractivity contribution >= 4 is 17.4 Å². The molecule has 0 atom stereocenters. The highest BCUT2D eigenvalue weighted by Gasteiger charge is 2.18. The Bertz CT molecular complexity index is 325. The average molecular weight is 230 g/mol. The first-order valence-corrected chi connectivity index (χ1v) is 5.25. The van der Waals surface area contributed by atoms with Crippen LogP contribution in [0.5, 0.6) is 0 Å². The topological polar surface area (TPSA) is 49.2 Å². The number of hydrogen-bond donors (Lipinski definition) is 1. The van der Waals surface area contributed by atoms with E-state index in [0.29, 0.717) is 17.5 Å². The van der Waals surface area contributed by atoms with Crippen LogP contribution in [0.3, 0.4) is 0 Å². The molecular formula is C10H16ClN3O. The third kappa shape index (κ3) is 4.01. The van der Waals surface area contributed by atoms with Gasteiger partial charge in [0, 0.05) is 13.1 Å². The van der Waals surface area contributed by atoms with Gasteiger partial charge in [-0.2, -0.15) is 0 Å². The summed E-state index contributed by atoms with van der Waals surface area (Å²) >= 11 is 5.75. The van der Waals surface area contributed by atoms with Gasteiger partial charge >= 0.3 is 0 Å². The highest BCUT2D eigenvalue weighted by Crippen LogP contribution is 2.15. The van der Waals surface area contributed by atoms with E-state index in [-0.39, 0.29) is 0 Å². The number of halogens is 1. The van der Waals surface area contributed by atoms with Gasteiger partial charge in [-0.05, 0) is 20.8 Å². The van der Waals surface area contributed by atoms with Crippen LogP contribution in [0, 0.1) is 0 Å². The number of rotatable bonds is 4. The van der Waals surface area contributed by atoms with E-state index in [0.717, 1.165) is 6.54 Å². The predicted octanol–water partition coefficient (Wildman–Crippen LogP) is 1.73. The van der Waals surface area contributed by atoms with Crippen LogP contribution in [0.15, 0.2) is 12.4 Å². The summed E-state index contributed by atoms with van der Waals surface area (Å²) in [6.07, 6.45) is 3.13. The minimum atomic E-state index is -0.764. The quantitative estimate of drug-likeness (QED) is 0.854. The lowest BCUT2D eigenvalue weighted by Crippen LogP contribution is -2.39. The molecule has 1 rings (SSSR count). The monoisotopic (exact) mass is 229 g/mol. The number of hydrogen-bond acceptors (Lipinski definition) is 4. The molecule has 0 saturated carbocycles. The first-order chi connectivity index (χ1) is 6.92. The second-order valence-corrected chi connectivity index (χ2v) is 4.41. The Labute approximate surface area is 94.9 Å². The summed E-state index contributed by atoms with van der Waals surface area (Å²) in [5, 5.41) is 10.1. The zero-order valence-corrected chi connectivity index (χ0v) is 9.99. The molecule has 0 saturated heterocycles. The lowest BCUT2D eigenvalue weighted by molar-refractivity contribution is 0.0874. The van der Waals surface area contributed by atoms with E-state index in [9.17, 15) is 5.11 Å². The molecule has 15 heavy (non-hydrogen) atoms. The first kappa shape index (κ1) is 12.2. The van der Waals surface area contributed by atoms with Gasteiger partial charge in [0.2, 0.25) is 0 Å². The van der Waals surface area contributed by atoms with Crippen molar-refractivity contribution in [3.63, 3.8) is 0 Å². The molecule has 0 amide bonds. The number of anilines is 1. The molecule has 1 heterocycles. The molecule has 1 N–H and O–H groups in total. The Kier molecular flexibility index (Phi) is 3.88. The summed E-state index contributed by atoms with van der Waals surface area (Å²) in [6, 6.07) is 0. The Morgan fingerprint density at radius 1 is 1.47 bits per heavy atom. The second-order valence-electron chi connectivity index (χ2n) is 4.03. The summed E-state index contributed by atoms with van der Waals surface area (Å²) in [4.78, 5) is 10.0. The maximum absolute atomic E-state index is 9.73. The lowest BCUT2D eigenvalue weighted by atomic mass is 10.1. The number of aliphatic hydroxyl groups is 1. The van der Waals surface area contributed by atoms with Crippen LogP contribution in [0.1, 0.15) is 20.8 Å². The molecule has 1 aromatic rings. The van der Waals surface area contributed by atoms with Crippen molar-refractivity contribution in [2.45, 2.75) is 26.4 Å². The number of likely N-dealkylation sites (N-methyl/N-ethyl adjacent to an activating group) is 1. The lowest BCUT2D eigenvalue weighted by Gasteiger charge is -2.28. The maximum atomic E-state index is 9.73. The normalized spacial score (nSPS) is 11.5. The summed E-state index contributed by atoms with van der Waals surface area (Å²) in [7, 11) is 0. The van der Waals surface area contributed by atoms with Gasteiger partial charge in [0.15, 0.2) is 0 Å². The first-order valence-electron chi connectivity index (χ1n) is 4.87. The SMILES string of the molecule is CCN(CC(C)(C)O)c1cncc(Cl)n1. The van der Waals surface area contributed by atoms with Gasteiger partial charge in [0.1, 0.15) is 11.0 Å². The van der Waals surface area contributed by atoms with Crippen molar-refractivity contribution in [1.29, 1.82) is 0 Å². The van der Waals surface area contributed by atoms with E-state index in [1.807, 2.05) is 11.8 Å². The molecule has 5 heteroatoms. The van der Waals surface area contributed by atoms with Crippen molar-refractivity contribution in [1.82, 2.24) is 9.97 Å². The molecule has 84 valence electrons. The zero-order valence-electron chi connectivity index (χ0n) is 9.24. The van der Waals surface area contributed by atoms with Crippen LogP contribution in [0.2, 0.25) is 5.15 Å². The zero-order chi connectivity index (χ0) is 11.5. The van der Waals surface area contributed by atoms with Crippen LogP contribution in [-0.4, -0.2) is 33.8 Å². The second kappa shape index (κ2) is 4.77. The molecule has 1 aromatic heterocycles. The van der Waals surface area contributed by atoms with E-state index < -0.39 is 5.60 Å². The predicted molar refractivity (Wildman–Crippen MR) is 61.2 cm³/mol. The van der Waals surface area contributed by atoms with Crippen LogP contribution in [-0.2, 0) is 0 Å². The fraction of sp³-hybridized carbons (Fsp3) is 0.600. The van der Waals surface area contributed by atoms with Crippen molar-refractivity contribution in [3.05, 3.63) is 17.5 Å². The summed E-state index contributed by atoms with van der Waals surface area (Å²) in [5.74, 6) is 0.687. The van der Waals surface area contributed by atoms with E-state index in [1.165, 1.54) is 6.20 Å². The highest BCUT2D eigenvalue weighted by atomic mass is 35.5. The van der Waals surface area contributed by atoms with Gasteiger partial charge in [0.25, 0.3) is 0 Å². The Hall–Kier alpha value is -0.870. The van der Waals surface area contributed by atoms with Crippen molar-refractivity contribution in [2.24, 2.45) is 0 Å². The highest BCUT2D eigenvalue weighted by molar-refractivity contribution is 6.29. The third-order valence-corrected chi connectivity index (χ3v) is 2.06. The minimum absolute atomic E-state index is 0.363. The summed E-state index contributed by atoms with van der Waals surface area (Å²) in [6.45, 7) is 6.76. The average Bonchev–Trinajstić information content (AvgIpc) is 2.13. The molecule has 0 aliphatic heterocycles. The smallest absolute Gasteiger partial charge is 0.149 e. The van der Waals surface area contributed by atoms with Gasteiger partial charge in [-0.3, -0.25) is 4.98 Å². The Morgan fingerprint density at radius 2 is 2.13 bits per heavy atom. The van der Waals surface area contributed by atoms with Gasteiger partial charge in [-0.15, -0.1) is 0 Å². The van der Waals surface area contributed by atoms with Crippen molar-refractivity contribution in [2.75, 3.05) is 18.0 Å². The molecular weight excluding hydrogens is 214 g/mol. The molecule has 0 spiro atoms. The van der Waals surface area contributed by atoms with Gasteiger partial charge in [0.05, 0.1) is 18.0 Å². The standard InChI is InChI=1S/C10H16ClN3O/c1-4-14(7-10(2,3)15)9-6-12-5-8(11)13-9/h5-6,15H,4,7H2,1-3H3. The van der Waals surface area contributed by atoms with Gasteiger partial charge in [-0.25, -0.2) is 4.98 Å². The largest absolute Gasteiger partial charge is 0.389 e. The summed E-state index contributed by atoms with van der Waals surface area (Å²) in [5.41, 5.74) is -0.764. The molecule has 0 aliphatic carbocycles. The van der Waals surface area contributed by atoms with Crippen molar-refractivity contribution in [3.8, 4) is 0 Å². The molecule has 0 aromatic carbocycles. The molecule has 4 nitrogen and oxygen atoms in total. The number of aromatic nitrogens is 2. The van der Waals surface area contributed by atoms with Gasteiger partial charge in [-0.1, -0.05) is 11.6 Å². The van der Waals surface area contributed by atoms with Crippen LogP contribution in [0.25, 0.3) is 0 Å². The van der Waals surface area contributed by atoms with E-state index in [1.54, 1.807) is 20.0 Å². The van der Waals surface area contributed by atoms with E-state index >= 15 is 0 Å². The van der Waals surface area contributed by atoms with E-state index in [2.05, 4.69) is 9.97 Å². The van der Waals surface area contributed by atoms with Crippen LogP contribution < -0.4 is 4.90 Å². The third-order valence-electron chi connectivity index (χ3n) is 1.88. The van der Waals surface area contributed by atoms with Gasteiger partial charge < -0.3 is 10.0 Å². The summed E-state index contributed by atoms with van der Waals surface area (Å²) < 4.78 is 0. The molecule has 0 fully saturated rings. The Balaban J connectivity index is 2.83. The maximum Gasteiger partial charge on any atom is 0.149 e. The van der Waals surface area contributed by atoms with E-state index in [4.69, 9.17) is 11.6 Å². The molecule has 0 radical (unpaired) electrons. The fourth-order valence-corrected chi connectivity index (χ4v) is 1.45. The molecule has 0 bridgehead atoms. The molecule has 0 unspecified atom stereocenters.